The maximum Gasteiger partial charge on any atom is 0.240 e. The van der Waals surface area contributed by atoms with Crippen molar-refractivity contribution >= 4 is 10.0 Å². The average molecular weight is 392 g/mol. The van der Waals surface area contributed by atoms with E-state index in [-0.39, 0.29) is 23.6 Å². The van der Waals surface area contributed by atoms with E-state index in [1.165, 1.54) is 0 Å². The number of nitrogens with one attached hydrogen (secondary N) is 2. The van der Waals surface area contributed by atoms with Crippen molar-refractivity contribution in [3.63, 3.8) is 0 Å². The Morgan fingerprint density at radius 1 is 0.963 bits per heavy atom. The highest BCUT2D eigenvalue weighted by atomic mass is 32.2. The molecule has 27 heavy (non-hydrogen) atoms. The zero-order valence-electron chi connectivity index (χ0n) is 15.4. The number of hydrogen-bond donors (Lipinski definition) is 4. The molecule has 0 saturated heterocycles. The molecule has 0 amide bonds. The Hall–Kier alpha value is -1.77. The number of nitrogens with two attached hydrogens (primary N) is 1. The fourth-order valence-corrected chi connectivity index (χ4v) is 4.15. The third kappa shape index (κ3) is 7.40. The fraction of sp³-hybridized carbons (Fsp3) is 0.400. The van der Waals surface area contributed by atoms with Crippen LogP contribution in [0.1, 0.15) is 18.4 Å². The van der Waals surface area contributed by atoms with Crippen molar-refractivity contribution in [1.29, 1.82) is 0 Å². The molecule has 2 aromatic rings. The van der Waals surface area contributed by atoms with Crippen LogP contribution < -0.4 is 15.8 Å². The van der Waals surface area contributed by atoms with E-state index >= 15 is 0 Å². The Balaban J connectivity index is 2.09. The molecule has 0 heterocycles. The monoisotopic (exact) mass is 391 g/mol. The van der Waals surface area contributed by atoms with Gasteiger partial charge in [-0.15, -0.1) is 0 Å². The van der Waals surface area contributed by atoms with Gasteiger partial charge in [-0.2, -0.15) is 0 Å². The average Bonchev–Trinajstić information content (AvgIpc) is 2.69. The van der Waals surface area contributed by atoms with Crippen molar-refractivity contribution in [2.45, 2.75) is 36.2 Å². The molecule has 0 saturated carbocycles. The molecule has 0 unspecified atom stereocenters. The van der Waals surface area contributed by atoms with Crippen LogP contribution in [0.4, 0.5) is 0 Å². The number of rotatable bonds is 12. The van der Waals surface area contributed by atoms with Gasteiger partial charge in [-0.1, -0.05) is 48.5 Å². The minimum atomic E-state index is -3.61. The fourth-order valence-electron chi connectivity index (χ4n) is 2.89. The zero-order valence-corrected chi connectivity index (χ0v) is 16.2. The van der Waals surface area contributed by atoms with Crippen molar-refractivity contribution in [2.75, 3.05) is 19.7 Å². The first-order valence-electron chi connectivity index (χ1n) is 9.20. The summed E-state index contributed by atoms with van der Waals surface area (Å²) in [4.78, 5) is 0.249. The molecule has 0 bridgehead atoms. The van der Waals surface area contributed by atoms with Crippen molar-refractivity contribution < 1.29 is 13.5 Å². The van der Waals surface area contributed by atoms with Gasteiger partial charge in [0.1, 0.15) is 0 Å². The van der Waals surface area contributed by atoms with Crippen LogP contribution in [0, 0.1) is 0 Å². The first-order valence-corrected chi connectivity index (χ1v) is 10.7. The molecule has 148 valence electrons. The van der Waals surface area contributed by atoms with Crippen LogP contribution in [0.5, 0.6) is 0 Å². The zero-order chi connectivity index (χ0) is 19.5. The van der Waals surface area contributed by atoms with Crippen LogP contribution in [-0.4, -0.2) is 45.3 Å². The van der Waals surface area contributed by atoms with Crippen molar-refractivity contribution in [3.8, 4) is 0 Å². The molecule has 2 aromatic carbocycles. The second kappa shape index (κ2) is 11.2. The summed E-state index contributed by atoms with van der Waals surface area (Å²) in [6.07, 6.45) is 1.97. The quantitative estimate of drug-likeness (QED) is 0.436. The minimum absolute atomic E-state index is 0.0386. The molecular formula is C20H29N3O3S. The lowest BCUT2D eigenvalue weighted by molar-refractivity contribution is 0.274. The maximum absolute atomic E-state index is 12.7. The molecule has 6 nitrogen and oxygen atoms in total. The molecule has 0 aliphatic heterocycles. The van der Waals surface area contributed by atoms with Crippen molar-refractivity contribution in [3.05, 3.63) is 66.2 Å². The molecule has 0 radical (unpaired) electrons. The van der Waals surface area contributed by atoms with Gasteiger partial charge in [0.05, 0.1) is 4.90 Å². The van der Waals surface area contributed by atoms with Gasteiger partial charge in [0.15, 0.2) is 0 Å². The van der Waals surface area contributed by atoms with E-state index in [1.807, 2.05) is 30.3 Å². The van der Waals surface area contributed by atoms with Crippen LogP contribution in [0.25, 0.3) is 0 Å². The first kappa shape index (κ1) is 21.5. The summed E-state index contributed by atoms with van der Waals surface area (Å²) in [6.45, 7) is 1.00. The van der Waals surface area contributed by atoms with Gasteiger partial charge < -0.3 is 16.2 Å². The molecule has 0 fully saturated rings. The molecule has 0 aliphatic rings. The standard InChI is InChI=1S/C20H29N3O3S/c21-15-18(10-7-13-24)22-16-19(14-17-8-3-1-4-9-17)23-27(25,26)20-11-5-2-6-12-20/h1-6,8-9,11-12,18-19,22-24H,7,10,13-16,21H2/t18-,19-/m0/s1. The predicted molar refractivity (Wildman–Crippen MR) is 108 cm³/mol. The summed E-state index contributed by atoms with van der Waals surface area (Å²) < 4.78 is 28.3. The van der Waals surface area contributed by atoms with Crippen LogP contribution >= 0.6 is 0 Å². The molecule has 2 atom stereocenters. The number of aliphatic hydroxyl groups excluding tert-OH is 1. The Morgan fingerprint density at radius 2 is 1.59 bits per heavy atom. The smallest absolute Gasteiger partial charge is 0.240 e. The van der Waals surface area contributed by atoms with E-state index < -0.39 is 10.0 Å². The molecule has 0 spiro atoms. The van der Waals surface area contributed by atoms with Crippen LogP contribution in [0.3, 0.4) is 0 Å². The normalized spacial score (nSPS) is 14.0. The Morgan fingerprint density at radius 3 is 2.19 bits per heavy atom. The van der Waals surface area contributed by atoms with E-state index in [1.54, 1.807) is 30.3 Å². The van der Waals surface area contributed by atoms with Gasteiger partial charge in [-0.25, -0.2) is 13.1 Å². The summed E-state index contributed by atoms with van der Waals surface area (Å²) in [5.74, 6) is 0. The largest absolute Gasteiger partial charge is 0.396 e. The summed E-state index contributed by atoms with van der Waals surface area (Å²) in [7, 11) is -3.61. The minimum Gasteiger partial charge on any atom is -0.396 e. The van der Waals surface area contributed by atoms with Gasteiger partial charge in [-0.05, 0) is 37.0 Å². The lowest BCUT2D eigenvalue weighted by Crippen LogP contribution is -2.47. The lowest BCUT2D eigenvalue weighted by atomic mass is 10.1. The first-order chi connectivity index (χ1) is 13.0. The van der Waals surface area contributed by atoms with Crippen LogP contribution in [-0.2, 0) is 16.4 Å². The van der Waals surface area contributed by atoms with E-state index in [0.717, 1.165) is 12.0 Å². The molecule has 0 aromatic heterocycles. The third-order valence-electron chi connectivity index (χ3n) is 4.35. The van der Waals surface area contributed by atoms with Gasteiger partial charge in [0, 0.05) is 31.8 Å². The molecule has 7 heteroatoms. The number of aliphatic hydroxyl groups is 1. The van der Waals surface area contributed by atoms with Gasteiger partial charge in [0.25, 0.3) is 0 Å². The van der Waals surface area contributed by atoms with Crippen molar-refractivity contribution in [1.82, 2.24) is 10.0 Å². The molecule has 0 aliphatic carbocycles. The molecular weight excluding hydrogens is 362 g/mol. The second-order valence-electron chi connectivity index (χ2n) is 6.53. The highest BCUT2D eigenvalue weighted by Gasteiger charge is 2.21. The molecule has 5 N–H and O–H groups in total. The number of hydrogen-bond acceptors (Lipinski definition) is 5. The Kier molecular flexibility index (Phi) is 8.90. The molecule has 2 rings (SSSR count). The summed E-state index contributed by atoms with van der Waals surface area (Å²) in [5.41, 5.74) is 6.84. The van der Waals surface area contributed by atoms with E-state index in [0.29, 0.717) is 25.9 Å². The number of benzene rings is 2. The third-order valence-corrected chi connectivity index (χ3v) is 5.88. The Bertz CT molecular complexity index is 755. The lowest BCUT2D eigenvalue weighted by Gasteiger charge is -2.23. The Labute approximate surface area is 161 Å². The summed E-state index contributed by atoms with van der Waals surface area (Å²) in [6, 6.07) is 17.9. The number of sulfonamides is 1. The van der Waals surface area contributed by atoms with Crippen LogP contribution in [0.15, 0.2) is 65.6 Å². The highest BCUT2D eigenvalue weighted by molar-refractivity contribution is 7.89. The van der Waals surface area contributed by atoms with Crippen molar-refractivity contribution in [2.24, 2.45) is 5.73 Å². The van der Waals surface area contributed by atoms with Gasteiger partial charge in [-0.3, -0.25) is 0 Å². The van der Waals surface area contributed by atoms with Gasteiger partial charge in [0.2, 0.25) is 10.0 Å². The van der Waals surface area contributed by atoms with E-state index in [9.17, 15) is 8.42 Å². The summed E-state index contributed by atoms with van der Waals surface area (Å²) in [5, 5.41) is 12.3. The second-order valence-corrected chi connectivity index (χ2v) is 8.24. The van der Waals surface area contributed by atoms with Gasteiger partial charge >= 0.3 is 0 Å². The van der Waals surface area contributed by atoms with E-state index in [4.69, 9.17) is 10.8 Å². The summed E-state index contributed by atoms with van der Waals surface area (Å²) >= 11 is 0. The highest BCUT2D eigenvalue weighted by Crippen LogP contribution is 2.11. The maximum atomic E-state index is 12.7. The van der Waals surface area contributed by atoms with Crippen LogP contribution in [0.2, 0.25) is 0 Å². The SMILES string of the molecule is NC[C@H](CCCO)NC[C@H](Cc1ccccc1)NS(=O)(=O)c1ccccc1. The van der Waals surface area contributed by atoms with E-state index in [2.05, 4.69) is 10.0 Å². The topological polar surface area (TPSA) is 104 Å². The predicted octanol–water partition coefficient (Wildman–Crippen LogP) is 1.27.